The zero-order valence-electron chi connectivity index (χ0n) is 11.0. The highest BCUT2D eigenvalue weighted by Crippen LogP contribution is 2.20. The molecule has 0 bridgehead atoms. The summed E-state index contributed by atoms with van der Waals surface area (Å²) in [5, 5.41) is 14.2. The van der Waals surface area contributed by atoms with E-state index in [9.17, 15) is 9.18 Å². The van der Waals surface area contributed by atoms with Crippen LogP contribution in [0.4, 0.5) is 14.9 Å². The van der Waals surface area contributed by atoms with E-state index in [1.165, 1.54) is 18.2 Å². The molecule has 1 rings (SSSR count). The van der Waals surface area contributed by atoms with E-state index in [-0.39, 0.29) is 23.9 Å². The van der Waals surface area contributed by atoms with Gasteiger partial charge in [0.15, 0.2) is 0 Å². The normalized spacial score (nSPS) is 11.2. The third-order valence-electron chi connectivity index (χ3n) is 2.69. The van der Waals surface area contributed by atoms with Crippen LogP contribution in [0.3, 0.4) is 0 Å². The van der Waals surface area contributed by atoms with Gasteiger partial charge in [-0.1, -0.05) is 13.8 Å². The first kappa shape index (κ1) is 15.9. The average Bonchev–Trinajstić information content (AvgIpc) is 2.32. The summed E-state index contributed by atoms with van der Waals surface area (Å²) >= 11 is 3.05. The number of amides is 2. The highest BCUT2D eigenvalue weighted by molar-refractivity contribution is 9.10. The second kappa shape index (κ2) is 6.86. The van der Waals surface area contributed by atoms with Crippen molar-refractivity contribution in [1.29, 1.82) is 0 Å². The minimum atomic E-state index is -0.380. The number of carbonyl (C=O) groups excluding carboxylic acids is 1. The zero-order valence-corrected chi connectivity index (χ0v) is 12.6. The van der Waals surface area contributed by atoms with E-state index >= 15 is 0 Å². The topological polar surface area (TPSA) is 61.4 Å². The Morgan fingerprint density at radius 2 is 2.16 bits per heavy atom. The van der Waals surface area contributed by atoms with Crippen LogP contribution in [0.15, 0.2) is 22.7 Å². The summed E-state index contributed by atoms with van der Waals surface area (Å²) in [5.74, 6) is -0.380. The summed E-state index contributed by atoms with van der Waals surface area (Å²) in [4.78, 5) is 11.7. The number of rotatable bonds is 5. The third kappa shape index (κ3) is 5.57. The van der Waals surface area contributed by atoms with Crippen LogP contribution < -0.4 is 10.6 Å². The molecule has 0 aliphatic heterocycles. The average molecular weight is 333 g/mol. The molecule has 3 N–H and O–H groups in total. The molecule has 19 heavy (non-hydrogen) atoms. The van der Waals surface area contributed by atoms with Crippen LogP contribution in [0.5, 0.6) is 0 Å². The number of hydrogen-bond acceptors (Lipinski definition) is 2. The predicted molar refractivity (Wildman–Crippen MR) is 76.6 cm³/mol. The largest absolute Gasteiger partial charge is 0.396 e. The Kier molecular flexibility index (Phi) is 5.75. The second-order valence-electron chi connectivity index (χ2n) is 5.07. The molecule has 0 atom stereocenters. The van der Waals surface area contributed by atoms with Crippen molar-refractivity contribution in [3.8, 4) is 0 Å². The Morgan fingerprint density at radius 3 is 2.74 bits per heavy atom. The molecule has 0 aromatic heterocycles. The number of halogens is 2. The first-order chi connectivity index (χ1) is 8.84. The molecule has 0 unspecified atom stereocenters. The van der Waals surface area contributed by atoms with E-state index in [1.807, 2.05) is 13.8 Å². The molecule has 0 spiro atoms. The molecule has 0 radical (unpaired) electrons. The summed E-state index contributed by atoms with van der Waals surface area (Å²) in [6.07, 6.45) is 0.607. The number of aliphatic hydroxyl groups excluding tert-OH is 1. The van der Waals surface area contributed by atoms with Crippen molar-refractivity contribution in [3.63, 3.8) is 0 Å². The van der Waals surface area contributed by atoms with Crippen molar-refractivity contribution in [1.82, 2.24) is 5.32 Å². The van der Waals surface area contributed by atoms with Crippen molar-refractivity contribution >= 4 is 27.6 Å². The Hall–Kier alpha value is -1.14. The van der Waals surface area contributed by atoms with Gasteiger partial charge in [0.1, 0.15) is 5.82 Å². The maximum Gasteiger partial charge on any atom is 0.319 e. The highest BCUT2D eigenvalue weighted by Gasteiger charge is 2.18. The quantitative estimate of drug-likeness (QED) is 0.775. The summed E-state index contributed by atoms with van der Waals surface area (Å²) in [7, 11) is 0. The van der Waals surface area contributed by atoms with Crippen molar-refractivity contribution < 1.29 is 14.3 Å². The van der Waals surface area contributed by atoms with Gasteiger partial charge in [-0.3, -0.25) is 0 Å². The maximum absolute atomic E-state index is 13.0. The van der Waals surface area contributed by atoms with Gasteiger partial charge in [0.05, 0.1) is 4.47 Å². The van der Waals surface area contributed by atoms with Crippen molar-refractivity contribution in [2.45, 2.75) is 20.3 Å². The SMILES string of the molecule is CC(C)(CCO)CNC(=O)Nc1ccc(F)c(Br)c1. The smallest absolute Gasteiger partial charge is 0.319 e. The Labute approximate surface area is 120 Å². The molecule has 106 valence electrons. The van der Waals surface area contributed by atoms with Gasteiger partial charge < -0.3 is 15.7 Å². The number of nitrogens with one attached hydrogen (secondary N) is 2. The van der Waals surface area contributed by atoms with Crippen LogP contribution in [-0.4, -0.2) is 24.3 Å². The lowest BCUT2D eigenvalue weighted by Gasteiger charge is -2.23. The first-order valence-corrected chi connectivity index (χ1v) is 6.74. The molecule has 0 aliphatic rings. The Morgan fingerprint density at radius 1 is 1.47 bits per heavy atom. The van der Waals surface area contributed by atoms with E-state index in [0.29, 0.717) is 23.1 Å². The van der Waals surface area contributed by atoms with Crippen LogP contribution in [-0.2, 0) is 0 Å². The first-order valence-electron chi connectivity index (χ1n) is 5.95. The minimum Gasteiger partial charge on any atom is -0.396 e. The molecule has 0 aliphatic carbocycles. The van der Waals surface area contributed by atoms with Gasteiger partial charge >= 0.3 is 6.03 Å². The van der Waals surface area contributed by atoms with Gasteiger partial charge in [0.25, 0.3) is 0 Å². The van der Waals surface area contributed by atoms with E-state index < -0.39 is 0 Å². The third-order valence-corrected chi connectivity index (χ3v) is 3.30. The number of hydrogen-bond donors (Lipinski definition) is 3. The van der Waals surface area contributed by atoms with E-state index in [1.54, 1.807) is 0 Å². The van der Waals surface area contributed by atoms with E-state index in [2.05, 4.69) is 26.6 Å². The molecule has 1 aromatic rings. The molecule has 0 heterocycles. The zero-order chi connectivity index (χ0) is 14.5. The number of carbonyl (C=O) groups is 1. The summed E-state index contributed by atoms with van der Waals surface area (Å²) < 4.78 is 13.3. The number of benzene rings is 1. The summed E-state index contributed by atoms with van der Waals surface area (Å²) in [5.41, 5.74) is 0.334. The van der Waals surface area contributed by atoms with Gasteiger partial charge in [-0.25, -0.2) is 9.18 Å². The maximum atomic E-state index is 13.0. The fourth-order valence-electron chi connectivity index (χ4n) is 1.46. The predicted octanol–water partition coefficient (Wildman–Crippen LogP) is 3.12. The molecule has 4 nitrogen and oxygen atoms in total. The van der Waals surface area contributed by atoms with Crippen LogP contribution in [0.25, 0.3) is 0 Å². The summed E-state index contributed by atoms with van der Waals surface area (Å²) in [6, 6.07) is 3.89. The summed E-state index contributed by atoms with van der Waals surface area (Å²) in [6.45, 7) is 4.44. The molecule has 6 heteroatoms. The minimum absolute atomic E-state index is 0.0845. The highest BCUT2D eigenvalue weighted by atomic mass is 79.9. The lowest BCUT2D eigenvalue weighted by atomic mass is 9.90. The van der Waals surface area contributed by atoms with Crippen LogP contribution in [0, 0.1) is 11.2 Å². The van der Waals surface area contributed by atoms with Crippen molar-refractivity contribution in [2.75, 3.05) is 18.5 Å². The molecule has 2 amide bonds. The van der Waals surface area contributed by atoms with Crippen LogP contribution >= 0.6 is 15.9 Å². The van der Waals surface area contributed by atoms with Gasteiger partial charge in [-0.2, -0.15) is 0 Å². The molecule has 1 aromatic carbocycles. The number of aliphatic hydroxyl groups is 1. The van der Waals surface area contributed by atoms with Crippen molar-refractivity contribution in [3.05, 3.63) is 28.5 Å². The standard InChI is InChI=1S/C13H18BrFN2O2/c1-13(2,5-6-18)8-16-12(19)17-9-3-4-11(15)10(14)7-9/h3-4,7,18H,5-6,8H2,1-2H3,(H2,16,17,19). The lowest BCUT2D eigenvalue weighted by Crippen LogP contribution is -2.37. The molecule has 0 saturated carbocycles. The molecular weight excluding hydrogens is 315 g/mol. The monoisotopic (exact) mass is 332 g/mol. The Bertz CT molecular complexity index is 452. The Balaban J connectivity index is 2.49. The fraction of sp³-hybridized carbons (Fsp3) is 0.462. The van der Waals surface area contributed by atoms with Crippen LogP contribution in [0.1, 0.15) is 20.3 Å². The van der Waals surface area contributed by atoms with Gasteiger partial charge in [-0.05, 0) is 46.0 Å². The number of anilines is 1. The van der Waals surface area contributed by atoms with Gasteiger partial charge in [-0.15, -0.1) is 0 Å². The lowest BCUT2D eigenvalue weighted by molar-refractivity contribution is 0.204. The fourth-order valence-corrected chi connectivity index (χ4v) is 1.84. The number of urea groups is 1. The molecule has 0 fully saturated rings. The van der Waals surface area contributed by atoms with Gasteiger partial charge in [0, 0.05) is 18.8 Å². The van der Waals surface area contributed by atoms with E-state index in [0.717, 1.165) is 0 Å². The molecule has 0 saturated heterocycles. The molecular formula is C13H18BrFN2O2. The van der Waals surface area contributed by atoms with Crippen molar-refractivity contribution in [2.24, 2.45) is 5.41 Å². The van der Waals surface area contributed by atoms with Gasteiger partial charge in [0.2, 0.25) is 0 Å². The van der Waals surface area contributed by atoms with Crippen LogP contribution in [0.2, 0.25) is 0 Å². The second-order valence-corrected chi connectivity index (χ2v) is 5.93. The van der Waals surface area contributed by atoms with E-state index in [4.69, 9.17) is 5.11 Å².